The van der Waals surface area contributed by atoms with Gasteiger partial charge in [0.25, 0.3) is 11.6 Å². The molecule has 34 heavy (non-hydrogen) atoms. The van der Waals surface area contributed by atoms with Crippen molar-refractivity contribution in [3.8, 4) is 11.3 Å². The molecule has 0 aliphatic carbocycles. The minimum atomic E-state index is -0.679. The van der Waals surface area contributed by atoms with Crippen LogP contribution in [0.5, 0.6) is 0 Å². The number of carbonyl (C=O) groups excluding carboxylic acids is 2. The van der Waals surface area contributed by atoms with E-state index >= 15 is 0 Å². The lowest BCUT2D eigenvalue weighted by atomic mass is 10.0. The normalized spacial score (nSPS) is 14.6. The molecule has 0 fully saturated rings. The number of primary amides is 1. The van der Waals surface area contributed by atoms with E-state index in [-0.39, 0.29) is 21.8 Å². The number of halogens is 1. The van der Waals surface area contributed by atoms with Crippen LogP contribution in [0.4, 0.5) is 11.4 Å². The molecule has 2 aromatic carbocycles. The van der Waals surface area contributed by atoms with Gasteiger partial charge in [-0.25, -0.2) is 0 Å². The van der Waals surface area contributed by atoms with Gasteiger partial charge in [-0.2, -0.15) is 10.1 Å². The van der Waals surface area contributed by atoms with Gasteiger partial charge < -0.3 is 10.2 Å². The van der Waals surface area contributed by atoms with Gasteiger partial charge in [-0.3, -0.25) is 19.7 Å². The lowest BCUT2D eigenvalue weighted by Crippen LogP contribution is -2.21. The molecule has 172 valence electrons. The molecule has 2 N–H and O–H groups in total. The van der Waals surface area contributed by atoms with Crippen molar-refractivity contribution in [3.63, 3.8) is 0 Å². The second kappa shape index (κ2) is 8.60. The van der Waals surface area contributed by atoms with Gasteiger partial charge >= 0.3 is 0 Å². The quantitative estimate of drug-likeness (QED) is 0.312. The second-order valence-corrected chi connectivity index (χ2v) is 8.21. The highest BCUT2D eigenvalue weighted by Crippen LogP contribution is 2.35. The smallest absolute Gasteiger partial charge is 0.280 e. The molecule has 4 rings (SSSR count). The Balaban J connectivity index is 1.66. The standard InChI is InChI=1S/C24H19ClN4O5/c1-12-8-19(21(29(32)33)9-13(12)2)22-7-5-16(34-22)11-18-14(3)27-28(24(18)31)15-4-6-17(23(26)30)20(25)10-15/h4-11H,1-3H3,(H2,26,30)/b18-11+. The van der Waals surface area contributed by atoms with E-state index in [0.717, 1.165) is 16.1 Å². The minimum absolute atomic E-state index is 0.0613. The van der Waals surface area contributed by atoms with Crippen LogP contribution in [0.25, 0.3) is 17.4 Å². The second-order valence-electron chi connectivity index (χ2n) is 7.80. The number of hydrogen-bond acceptors (Lipinski definition) is 6. The third-order valence-electron chi connectivity index (χ3n) is 5.51. The zero-order chi connectivity index (χ0) is 24.7. The summed E-state index contributed by atoms with van der Waals surface area (Å²) in [5, 5.41) is 17.1. The van der Waals surface area contributed by atoms with Gasteiger partial charge in [0.15, 0.2) is 0 Å². The molecule has 3 aromatic rings. The van der Waals surface area contributed by atoms with E-state index in [2.05, 4.69) is 5.10 Å². The van der Waals surface area contributed by atoms with Crippen molar-refractivity contribution < 1.29 is 18.9 Å². The SMILES string of the molecule is CC1=NN(c2ccc(C(N)=O)c(Cl)c2)C(=O)/C1=C/c1ccc(-c2cc(C)c(C)cc2[N+](=O)[O-])o1. The number of nitrogens with zero attached hydrogens (tertiary/aromatic N) is 3. The van der Waals surface area contributed by atoms with E-state index in [1.165, 1.54) is 30.3 Å². The minimum Gasteiger partial charge on any atom is -0.456 e. The Morgan fingerprint density at radius 1 is 1.15 bits per heavy atom. The van der Waals surface area contributed by atoms with E-state index in [1.807, 2.05) is 6.92 Å². The van der Waals surface area contributed by atoms with Crippen LogP contribution in [-0.2, 0) is 4.79 Å². The Morgan fingerprint density at radius 2 is 1.85 bits per heavy atom. The summed E-state index contributed by atoms with van der Waals surface area (Å²) in [6.45, 7) is 5.33. The predicted octanol–water partition coefficient (Wildman–Crippen LogP) is 5.03. The number of anilines is 1. The fraction of sp³-hybridized carbons (Fsp3) is 0.125. The summed E-state index contributed by atoms with van der Waals surface area (Å²) in [6, 6.07) is 10.8. The van der Waals surface area contributed by atoms with Gasteiger partial charge in [0.2, 0.25) is 5.91 Å². The first-order valence-corrected chi connectivity index (χ1v) is 10.5. The Hall–Kier alpha value is -4.24. The summed E-state index contributed by atoms with van der Waals surface area (Å²) in [5.41, 5.74) is 8.49. The van der Waals surface area contributed by atoms with Crippen molar-refractivity contribution in [3.05, 3.63) is 85.6 Å². The topological polar surface area (TPSA) is 132 Å². The maximum absolute atomic E-state index is 13.0. The molecule has 1 aliphatic rings. The monoisotopic (exact) mass is 478 g/mol. The number of benzene rings is 2. The molecule has 0 spiro atoms. The summed E-state index contributed by atoms with van der Waals surface area (Å²) in [5.74, 6) is -0.450. The van der Waals surface area contributed by atoms with Gasteiger partial charge in [0, 0.05) is 6.07 Å². The molecule has 0 unspecified atom stereocenters. The van der Waals surface area contributed by atoms with Crippen molar-refractivity contribution in [2.75, 3.05) is 5.01 Å². The number of aryl methyl sites for hydroxylation is 2. The molecule has 0 saturated carbocycles. The molecule has 9 nitrogen and oxygen atoms in total. The summed E-state index contributed by atoms with van der Waals surface area (Å²) in [7, 11) is 0. The molecular weight excluding hydrogens is 460 g/mol. The van der Waals surface area contributed by atoms with Gasteiger partial charge in [-0.1, -0.05) is 11.6 Å². The average Bonchev–Trinajstić information content (AvgIpc) is 3.35. The van der Waals surface area contributed by atoms with Crippen LogP contribution in [0, 0.1) is 24.0 Å². The zero-order valence-electron chi connectivity index (χ0n) is 18.5. The number of hydrogen-bond donors (Lipinski definition) is 1. The van der Waals surface area contributed by atoms with E-state index in [0.29, 0.717) is 28.5 Å². The summed E-state index contributed by atoms with van der Waals surface area (Å²) >= 11 is 6.11. The van der Waals surface area contributed by atoms with Crippen molar-refractivity contribution in [1.29, 1.82) is 0 Å². The lowest BCUT2D eigenvalue weighted by Gasteiger charge is -2.13. The highest BCUT2D eigenvalue weighted by Gasteiger charge is 2.30. The number of nitrogens with two attached hydrogens (primary N) is 1. The number of hydrazone groups is 1. The number of furan rings is 1. The first kappa shape index (κ1) is 22.9. The van der Waals surface area contributed by atoms with Gasteiger partial charge in [-0.05, 0) is 74.4 Å². The maximum Gasteiger partial charge on any atom is 0.280 e. The number of nitro groups is 1. The summed E-state index contributed by atoms with van der Waals surface area (Å²) in [6.07, 6.45) is 1.52. The van der Waals surface area contributed by atoms with Gasteiger partial charge in [0.05, 0.1) is 38.0 Å². The molecule has 0 saturated heterocycles. The van der Waals surface area contributed by atoms with Crippen LogP contribution in [0.15, 0.2) is 57.6 Å². The van der Waals surface area contributed by atoms with E-state index in [1.54, 1.807) is 32.0 Å². The van der Waals surface area contributed by atoms with Crippen LogP contribution in [0.3, 0.4) is 0 Å². The van der Waals surface area contributed by atoms with Crippen LogP contribution in [0.2, 0.25) is 5.02 Å². The Bertz CT molecular complexity index is 1440. The molecule has 0 radical (unpaired) electrons. The van der Waals surface area contributed by atoms with Crippen molar-refractivity contribution in [2.24, 2.45) is 10.8 Å². The molecule has 10 heteroatoms. The van der Waals surface area contributed by atoms with Gasteiger partial charge in [0.1, 0.15) is 11.5 Å². The average molecular weight is 479 g/mol. The van der Waals surface area contributed by atoms with E-state index in [9.17, 15) is 19.7 Å². The van der Waals surface area contributed by atoms with Crippen LogP contribution in [0.1, 0.15) is 34.2 Å². The highest BCUT2D eigenvalue weighted by molar-refractivity contribution is 6.35. The summed E-state index contributed by atoms with van der Waals surface area (Å²) < 4.78 is 5.84. The lowest BCUT2D eigenvalue weighted by molar-refractivity contribution is -0.384. The Labute approximate surface area is 199 Å². The maximum atomic E-state index is 13.0. The van der Waals surface area contributed by atoms with Crippen LogP contribution >= 0.6 is 11.6 Å². The Morgan fingerprint density at radius 3 is 2.50 bits per heavy atom. The largest absolute Gasteiger partial charge is 0.456 e. The summed E-state index contributed by atoms with van der Waals surface area (Å²) in [4.78, 5) is 35.5. The predicted molar refractivity (Wildman–Crippen MR) is 129 cm³/mol. The number of carbonyl (C=O) groups is 2. The fourth-order valence-corrected chi connectivity index (χ4v) is 3.83. The van der Waals surface area contributed by atoms with Crippen molar-refractivity contribution in [2.45, 2.75) is 20.8 Å². The van der Waals surface area contributed by atoms with Gasteiger partial charge in [-0.15, -0.1) is 0 Å². The molecule has 1 aliphatic heterocycles. The number of rotatable bonds is 5. The molecule has 2 heterocycles. The first-order chi connectivity index (χ1) is 16.1. The number of nitro benzene ring substituents is 1. The zero-order valence-corrected chi connectivity index (χ0v) is 19.2. The number of amides is 2. The van der Waals surface area contributed by atoms with E-state index in [4.69, 9.17) is 21.8 Å². The third-order valence-corrected chi connectivity index (χ3v) is 5.83. The highest BCUT2D eigenvalue weighted by atomic mass is 35.5. The molecule has 1 aromatic heterocycles. The van der Waals surface area contributed by atoms with Crippen LogP contribution < -0.4 is 10.7 Å². The van der Waals surface area contributed by atoms with Crippen LogP contribution in [-0.4, -0.2) is 22.4 Å². The Kier molecular flexibility index (Phi) is 5.80. The fourth-order valence-electron chi connectivity index (χ4n) is 3.56. The molecule has 2 amide bonds. The van der Waals surface area contributed by atoms with Crippen molar-refractivity contribution >= 4 is 46.6 Å². The first-order valence-electron chi connectivity index (χ1n) is 10.1. The third kappa shape index (κ3) is 4.08. The molecule has 0 bridgehead atoms. The molecular formula is C24H19ClN4O5. The van der Waals surface area contributed by atoms with Crippen molar-refractivity contribution in [1.82, 2.24) is 0 Å². The molecule has 0 atom stereocenters. The van der Waals surface area contributed by atoms with E-state index < -0.39 is 16.7 Å².